The second kappa shape index (κ2) is 14.2. The molecule has 3 aromatic rings. The number of rotatable bonds is 12. The van der Waals surface area contributed by atoms with Gasteiger partial charge in [0.25, 0.3) is 5.91 Å². The molecule has 3 aromatic carbocycles. The third kappa shape index (κ3) is 8.61. The smallest absolute Gasteiger partial charge is 0.261 e. The van der Waals surface area contributed by atoms with E-state index in [0.717, 1.165) is 28.4 Å². The third-order valence-corrected chi connectivity index (χ3v) is 7.17. The first kappa shape index (κ1) is 28.7. The predicted molar refractivity (Wildman–Crippen MR) is 153 cm³/mol. The van der Waals surface area contributed by atoms with E-state index < -0.39 is 6.04 Å². The number of hydrogen-bond donors (Lipinski definition) is 1. The monoisotopic (exact) mass is 584 g/mol. The standard InChI is InChI=1S/C30H34BrClN2O3/c1-4-21(3)33-30(36)27(18-23-9-7-6-8-10-23)34(19-24-11-14-25(32)15-12-24)29(35)20-37-28-16-13-22(5-2)17-26(28)31/h6-17,21,27H,4-5,18-20H2,1-3H3,(H,33,36)/t21-,27-/m0/s1. The van der Waals surface area contributed by atoms with Crippen LogP contribution in [0.3, 0.4) is 0 Å². The molecule has 0 aliphatic rings. The summed E-state index contributed by atoms with van der Waals surface area (Å²) in [5, 5.41) is 3.69. The Morgan fingerprint density at radius 3 is 2.27 bits per heavy atom. The molecule has 0 saturated heterocycles. The number of halogens is 2. The summed E-state index contributed by atoms with van der Waals surface area (Å²) in [6.45, 7) is 6.12. The van der Waals surface area contributed by atoms with Crippen LogP contribution in [0.25, 0.3) is 0 Å². The van der Waals surface area contributed by atoms with E-state index in [2.05, 4.69) is 28.2 Å². The molecule has 0 spiro atoms. The number of benzene rings is 3. The third-order valence-electron chi connectivity index (χ3n) is 6.29. The van der Waals surface area contributed by atoms with Gasteiger partial charge in [-0.2, -0.15) is 0 Å². The molecule has 196 valence electrons. The van der Waals surface area contributed by atoms with Crippen LogP contribution in [0.2, 0.25) is 5.02 Å². The van der Waals surface area contributed by atoms with Crippen LogP contribution in [0, 0.1) is 0 Å². The molecule has 1 N–H and O–H groups in total. The SMILES string of the molecule is CCc1ccc(OCC(=O)N(Cc2ccc(Cl)cc2)[C@@H](Cc2ccccc2)C(=O)N[C@@H](C)CC)c(Br)c1. The van der Waals surface area contributed by atoms with E-state index in [4.69, 9.17) is 16.3 Å². The zero-order valence-corrected chi connectivity index (χ0v) is 23.9. The molecular weight excluding hydrogens is 552 g/mol. The summed E-state index contributed by atoms with van der Waals surface area (Å²) in [5.74, 6) is 0.122. The van der Waals surface area contributed by atoms with Crippen LogP contribution in [-0.4, -0.2) is 35.4 Å². The Hall–Kier alpha value is -2.83. The lowest BCUT2D eigenvalue weighted by atomic mass is 10.0. The number of aryl methyl sites for hydroxylation is 1. The normalized spacial score (nSPS) is 12.5. The summed E-state index contributed by atoms with van der Waals surface area (Å²) in [6.07, 6.45) is 2.08. The van der Waals surface area contributed by atoms with Gasteiger partial charge in [-0.1, -0.05) is 74.0 Å². The van der Waals surface area contributed by atoms with Gasteiger partial charge >= 0.3 is 0 Å². The van der Waals surface area contributed by atoms with Gasteiger partial charge in [-0.05, 0) is 76.7 Å². The molecule has 5 nitrogen and oxygen atoms in total. The van der Waals surface area contributed by atoms with Crippen molar-refractivity contribution in [1.29, 1.82) is 0 Å². The number of nitrogens with zero attached hydrogens (tertiary/aromatic N) is 1. The van der Waals surface area contributed by atoms with E-state index in [1.165, 1.54) is 5.56 Å². The van der Waals surface area contributed by atoms with Gasteiger partial charge < -0.3 is 15.0 Å². The van der Waals surface area contributed by atoms with E-state index in [9.17, 15) is 9.59 Å². The number of ether oxygens (including phenoxy) is 1. The predicted octanol–water partition coefficient (Wildman–Crippen LogP) is 6.60. The lowest BCUT2D eigenvalue weighted by Gasteiger charge is -2.32. The summed E-state index contributed by atoms with van der Waals surface area (Å²) in [7, 11) is 0. The average Bonchev–Trinajstić information content (AvgIpc) is 2.91. The Balaban J connectivity index is 1.91. The van der Waals surface area contributed by atoms with Crippen molar-refractivity contribution in [2.75, 3.05) is 6.61 Å². The maximum Gasteiger partial charge on any atom is 0.261 e. The Bertz CT molecular complexity index is 1170. The molecule has 0 aliphatic carbocycles. The fourth-order valence-corrected chi connectivity index (χ4v) is 4.55. The minimum Gasteiger partial charge on any atom is -0.483 e. The summed E-state index contributed by atoms with van der Waals surface area (Å²) in [5.41, 5.74) is 3.01. The Morgan fingerprint density at radius 2 is 1.65 bits per heavy atom. The molecule has 0 saturated carbocycles. The van der Waals surface area contributed by atoms with Crippen molar-refractivity contribution in [1.82, 2.24) is 10.2 Å². The quantitative estimate of drug-likeness (QED) is 0.261. The molecule has 7 heteroatoms. The Morgan fingerprint density at radius 1 is 0.973 bits per heavy atom. The Labute approximate surface area is 233 Å². The summed E-state index contributed by atoms with van der Waals surface area (Å²) >= 11 is 9.63. The minimum absolute atomic E-state index is 0.0115. The van der Waals surface area contributed by atoms with Crippen LogP contribution < -0.4 is 10.1 Å². The summed E-state index contributed by atoms with van der Waals surface area (Å²) in [4.78, 5) is 28.8. The van der Waals surface area contributed by atoms with E-state index in [0.29, 0.717) is 17.2 Å². The van der Waals surface area contributed by atoms with E-state index >= 15 is 0 Å². The molecule has 0 aliphatic heterocycles. The first-order valence-electron chi connectivity index (χ1n) is 12.6. The van der Waals surface area contributed by atoms with E-state index in [1.54, 1.807) is 17.0 Å². The number of nitrogens with one attached hydrogen (secondary N) is 1. The molecule has 2 atom stereocenters. The molecule has 0 heterocycles. The number of amides is 2. The van der Waals surface area contributed by atoms with Crippen LogP contribution in [0.1, 0.15) is 43.9 Å². The molecule has 0 bridgehead atoms. The minimum atomic E-state index is -0.714. The lowest BCUT2D eigenvalue weighted by Crippen LogP contribution is -2.53. The van der Waals surface area contributed by atoms with Crippen LogP contribution in [-0.2, 0) is 29.0 Å². The highest BCUT2D eigenvalue weighted by atomic mass is 79.9. The van der Waals surface area contributed by atoms with E-state index in [1.807, 2.05) is 74.5 Å². The molecule has 2 amide bonds. The maximum atomic E-state index is 13.7. The summed E-state index contributed by atoms with van der Waals surface area (Å²) < 4.78 is 6.72. The van der Waals surface area contributed by atoms with Crippen LogP contribution in [0.5, 0.6) is 5.75 Å². The number of carbonyl (C=O) groups is 2. The molecule has 3 rings (SSSR count). The Kier molecular flexibility index (Phi) is 11.0. The van der Waals surface area contributed by atoms with Gasteiger partial charge in [0.05, 0.1) is 4.47 Å². The number of hydrogen-bond acceptors (Lipinski definition) is 3. The van der Waals surface area contributed by atoms with Gasteiger partial charge in [0, 0.05) is 24.0 Å². The molecule has 0 fully saturated rings. The van der Waals surface area contributed by atoms with Crippen molar-refractivity contribution >= 4 is 39.3 Å². The van der Waals surface area contributed by atoms with Crippen LogP contribution in [0.4, 0.5) is 0 Å². The molecule has 37 heavy (non-hydrogen) atoms. The van der Waals surface area contributed by atoms with Crippen molar-refractivity contribution in [3.05, 3.63) is 99.0 Å². The molecule has 0 unspecified atom stereocenters. The number of carbonyl (C=O) groups excluding carboxylic acids is 2. The van der Waals surface area contributed by atoms with Gasteiger partial charge in [-0.25, -0.2) is 0 Å². The van der Waals surface area contributed by atoms with Crippen molar-refractivity contribution in [3.63, 3.8) is 0 Å². The molecular formula is C30H34BrClN2O3. The van der Waals surface area contributed by atoms with Crippen molar-refractivity contribution < 1.29 is 14.3 Å². The fourth-order valence-electron chi connectivity index (χ4n) is 3.89. The molecule has 0 radical (unpaired) electrons. The first-order valence-corrected chi connectivity index (χ1v) is 13.8. The van der Waals surface area contributed by atoms with E-state index in [-0.39, 0.29) is 31.0 Å². The van der Waals surface area contributed by atoms with Crippen LogP contribution in [0.15, 0.2) is 77.3 Å². The average molecular weight is 586 g/mol. The highest BCUT2D eigenvalue weighted by Gasteiger charge is 2.31. The zero-order valence-electron chi connectivity index (χ0n) is 21.5. The van der Waals surface area contributed by atoms with Gasteiger partial charge in [0.2, 0.25) is 5.91 Å². The van der Waals surface area contributed by atoms with Gasteiger partial charge in [0.15, 0.2) is 6.61 Å². The summed E-state index contributed by atoms with van der Waals surface area (Å²) in [6, 6.07) is 22.2. The first-order chi connectivity index (χ1) is 17.8. The fraction of sp³-hybridized carbons (Fsp3) is 0.333. The topological polar surface area (TPSA) is 58.6 Å². The van der Waals surface area contributed by atoms with Crippen molar-refractivity contribution in [2.45, 2.75) is 58.7 Å². The maximum absolute atomic E-state index is 13.7. The second-order valence-electron chi connectivity index (χ2n) is 9.08. The van der Waals surface area contributed by atoms with Gasteiger partial charge in [0.1, 0.15) is 11.8 Å². The zero-order chi connectivity index (χ0) is 26.8. The van der Waals surface area contributed by atoms with Crippen LogP contribution >= 0.6 is 27.5 Å². The highest BCUT2D eigenvalue weighted by Crippen LogP contribution is 2.26. The van der Waals surface area contributed by atoms with Gasteiger partial charge in [-0.3, -0.25) is 9.59 Å². The second-order valence-corrected chi connectivity index (χ2v) is 10.4. The van der Waals surface area contributed by atoms with Crippen molar-refractivity contribution in [2.24, 2.45) is 0 Å². The lowest BCUT2D eigenvalue weighted by molar-refractivity contribution is -0.143. The van der Waals surface area contributed by atoms with Gasteiger partial charge in [-0.15, -0.1) is 0 Å². The highest BCUT2D eigenvalue weighted by molar-refractivity contribution is 9.10. The van der Waals surface area contributed by atoms with Crippen molar-refractivity contribution in [3.8, 4) is 5.75 Å². The largest absolute Gasteiger partial charge is 0.483 e. The molecule has 0 aromatic heterocycles.